The van der Waals surface area contributed by atoms with Crippen LogP contribution in [0, 0.1) is 0 Å². The third-order valence-electron chi connectivity index (χ3n) is 4.63. The zero-order valence-corrected chi connectivity index (χ0v) is 17.2. The molecule has 1 saturated heterocycles. The SMILES string of the molecule is CCNC(=O)COc1cccc(NC(=O)C2CCCN2C(=O)Cc2cccs2)c1. The van der Waals surface area contributed by atoms with E-state index < -0.39 is 6.04 Å². The van der Waals surface area contributed by atoms with Crippen molar-refractivity contribution in [1.29, 1.82) is 0 Å². The van der Waals surface area contributed by atoms with E-state index in [0.29, 0.717) is 37.4 Å². The summed E-state index contributed by atoms with van der Waals surface area (Å²) in [5.74, 6) is 0.0610. The molecule has 8 heteroatoms. The molecule has 0 aliphatic carbocycles. The Morgan fingerprint density at radius 1 is 1.24 bits per heavy atom. The van der Waals surface area contributed by atoms with E-state index in [9.17, 15) is 14.4 Å². The summed E-state index contributed by atoms with van der Waals surface area (Å²) in [4.78, 5) is 39.6. The molecule has 1 fully saturated rings. The second-order valence-corrected chi connectivity index (χ2v) is 7.79. The molecule has 0 bridgehead atoms. The molecule has 1 aromatic heterocycles. The lowest BCUT2D eigenvalue weighted by atomic mass is 10.2. The summed E-state index contributed by atoms with van der Waals surface area (Å²) in [7, 11) is 0. The number of anilines is 1. The predicted molar refractivity (Wildman–Crippen MR) is 112 cm³/mol. The standard InChI is InChI=1S/C21H25N3O4S/c1-2-22-19(25)14-28-16-7-3-6-15(12-16)23-21(27)18-9-4-10-24(18)20(26)13-17-8-5-11-29-17/h3,5-8,11-12,18H,2,4,9-10,13-14H2,1H3,(H,22,25)(H,23,27). The van der Waals surface area contributed by atoms with Crippen molar-refractivity contribution >= 4 is 34.7 Å². The molecule has 0 spiro atoms. The molecule has 154 valence electrons. The maximum atomic E-state index is 12.8. The van der Waals surface area contributed by atoms with Gasteiger partial charge in [0.25, 0.3) is 5.91 Å². The first-order valence-corrected chi connectivity index (χ1v) is 10.6. The lowest BCUT2D eigenvalue weighted by Gasteiger charge is -2.24. The van der Waals surface area contributed by atoms with Crippen molar-refractivity contribution in [2.24, 2.45) is 0 Å². The zero-order chi connectivity index (χ0) is 20.6. The molecule has 1 atom stereocenters. The molecule has 1 aliphatic rings. The lowest BCUT2D eigenvalue weighted by molar-refractivity contribution is -0.136. The Bertz CT molecular complexity index is 853. The van der Waals surface area contributed by atoms with Gasteiger partial charge in [0.15, 0.2) is 6.61 Å². The van der Waals surface area contributed by atoms with Crippen LogP contribution in [0.15, 0.2) is 41.8 Å². The first-order chi connectivity index (χ1) is 14.1. The van der Waals surface area contributed by atoms with Gasteiger partial charge < -0.3 is 20.3 Å². The predicted octanol–water partition coefficient (Wildman–Crippen LogP) is 2.44. The number of nitrogens with one attached hydrogen (secondary N) is 2. The Labute approximate surface area is 174 Å². The number of carbonyl (C=O) groups is 3. The van der Waals surface area contributed by atoms with E-state index >= 15 is 0 Å². The lowest BCUT2D eigenvalue weighted by Crippen LogP contribution is -2.43. The first-order valence-electron chi connectivity index (χ1n) is 9.69. The van der Waals surface area contributed by atoms with Gasteiger partial charge >= 0.3 is 0 Å². The van der Waals surface area contributed by atoms with Crippen LogP contribution in [-0.2, 0) is 20.8 Å². The summed E-state index contributed by atoms with van der Waals surface area (Å²) in [5.41, 5.74) is 0.570. The maximum absolute atomic E-state index is 12.8. The number of hydrogen-bond donors (Lipinski definition) is 2. The van der Waals surface area contributed by atoms with E-state index in [2.05, 4.69) is 10.6 Å². The number of hydrogen-bond acceptors (Lipinski definition) is 5. The minimum Gasteiger partial charge on any atom is -0.484 e. The highest BCUT2D eigenvalue weighted by Crippen LogP contribution is 2.23. The maximum Gasteiger partial charge on any atom is 0.257 e. The van der Waals surface area contributed by atoms with E-state index in [1.54, 1.807) is 40.5 Å². The first kappa shape index (κ1) is 20.9. The minimum absolute atomic E-state index is 0.0240. The smallest absolute Gasteiger partial charge is 0.257 e. The molecule has 2 aromatic rings. The summed E-state index contributed by atoms with van der Waals surface area (Å²) in [6, 6.07) is 10.3. The quantitative estimate of drug-likeness (QED) is 0.693. The molecule has 29 heavy (non-hydrogen) atoms. The summed E-state index contributed by atoms with van der Waals surface area (Å²) >= 11 is 1.54. The average Bonchev–Trinajstić information content (AvgIpc) is 3.39. The number of likely N-dealkylation sites (tertiary alicyclic amines) is 1. The van der Waals surface area contributed by atoms with Gasteiger partial charge in [0.05, 0.1) is 6.42 Å². The topological polar surface area (TPSA) is 87.7 Å². The largest absolute Gasteiger partial charge is 0.484 e. The summed E-state index contributed by atoms with van der Waals surface area (Å²) < 4.78 is 5.46. The molecular formula is C21H25N3O4S. The Balaban J connectivity index is 1.58. The number of nitrogens with zero attached hydrogens (tertiary/aromatic N) is 1. The molecular weight excluding hydrogens is 390 g/mol. The normalized spacial score (nSPS) is 15.8. The fraction of sp³-hybridized carbons (Fsp3) is 0.381. The van der Waals surface area contributed by atoms with Crippen LogP contribution in [0.1, 0.15) is 24.6 Å². The van der Waals surface area contributed by atoms with Crippen molar-refractivity contribution in [3.8, 4) is 5.75 Å². The summed E-state index contributed by atoms with van der Waals surface area (Å²) in [6.07, 6.45) is 1.78. The van der Waals surface area contributed by atoms with Crippen molar-refractivity contribution in [3.63, 3.8) is 0 Å². The minimum atomic E-state index is -0.470. The number of carbonyl (C=O) groups excluding carboxylic acids is 3. The van der Waals surface area contributed by atoms with Crippen molar-refractivity contribution in [2.45, 2.75) is 32.2 Å². The monoisotopic (exact) mass is 415 g/mol. The van der Waals surface area contributed by atoms with Crippen LogP contribution in [0.3, 0.4) is 0 Å². The fourth-order valence-electron chi connectivity index (χ4n) is 3.29. The highest BCUT2D eigenvalue weighted by atomic mass is 32.1. The van der Waals surface area contributed by atoms with E-state index in [-0.39, 0.29) is 24.3 Å². The molecule has 0 saturated carbocycles. The molecule has 3 rings (SSSR count). The van der Waals surface area contributed by atoms with Gasteiger partial charge in [-0.05, 0) is 43.3 Å². The van der Waals surface area contributed by atoms with Crippen LogP contribution in [-0.4, -0.2) is 48.4 Å². The van der Waals surface area contributed by atoms with Gasteiger partial charge in [-0.15, -0.1) is 11.3 Å². The second kappa shape index (κ2) is 10.1. The van der Waals surface area contributed by atoms with Crippen LogP contribution in [0.25, 0.3) is 0 Å². The Kier molecular flexibility index (Phi) is 7.24. The third-order valence-corrected chi connectivity index (χ3v) is 5.50. The van der Waals surface area contributed by atoms with Gasteiger partial charge in [0, 0.05) is 29.7 Å². The van der Waals surface area contributed by atoms with Crippen LogP contribution in [0.4, 0.5) is 5.69 Å². The van der Waals surface area contributed by atoms with Crippen LogP contribution < -0.4 is 15.4 Å². The Morgan fingerprint density at radius 3 is 2.86 bits per heavy atom. The molecule has 1 unspecified atom stereocenters. The number of likely N-dealkylation sites (N-methyl/N-ethyl adjacent to an activating group) is 1. The molecule has 2 heterocycles. The Hall–Kier alpha value is -2.87. The van der Waals surface area contributed by atoms with E-state index in [0.717, 1.165) is 11.3 Å². The molecule has 1 aromatic carbocycles. The number of benzene rings is 1. The van der Waals surface area contributed by atoms with Gasteiger partial charge in [-0.25, -0.2) is 0 Å². The Morgan fingerprint density at radius 2 is 2.10 bits per heavy atom. The van der Waals surface area contributed by atoms with Crippen molar-refractivity contribution < 1.29 is 19.1 Å². The number of thiophene rings is 1. The summed E-state index contributed by atoms with van der Waals surface area (Å²) in [5, 5.41) is 7.47. The van der Waals surface area contributed by atoms with Gasteiger partial charge in [0.2, 0.25) is 11.8 Å². The molecule has 0 radical (unpaired) electrons. The zero-order valence-electron chi connectivity index (χ0n) is 16.3. The molecule has 3 amide bonds. The van der Waals surface area contributed by atoms with Crippen LogP contribution in [0.2, 0.25) is 0 Å². The van der Waals surface area contributed by atoms with Gasteiger partial charge in [-0.3, -0.25) is 14.4 Å². The van der Waals surface area contributed by atoms with Crippen LogP contribution in [0.5, 0.6) is 5.75 Å². The number of amides is 3. The summed E-state index contributed by atoms with van der Waals surface area (Å²) in [6.45, 7) is 2.89. The second-order valence-electron chi connectivity index (χ2n) is 6.76. The number of ether oxygens (including phenoxy) is 1. The average molecular weight is 416 g/mol. The highest BCUT2D eigenvalue weighted by molar-refractivity contribution is 7.10. The molecule has 1 aliphatic heterocycles. The highest BCUT2D eigenvalue weighted by Gasteiger charge is 2.34. The third kappa shape index (κ3) is 5.80. The van der Waals surface area contributed by atoms with Crippen molar-refractivity contribution in [2.75, 3.05) is 25.0 Å². The van der Waals surface area contributed by atoms with E-state index in [1.807, 2.05) is 24.4 Å². The van der Waals surface area contributed by atoms with E-state index in [4.69, 9.17) is 4.74 Å². The number of rotatable bonds is 8. The van der Waals surface area contributed by atoms with Gasteiger partial charge in [-0.1, -0.05) is 12.1 Å². The fourth-order valence-corrected chi connectivity index (χ4v) is 3.98. The van der Waals surface area contributed by atoms with Gasteiger partial charge in [0.1, 0.15) is 11.8 Å². The molecule has 2 N–H and O–H groups in total. The van der Waals surface area contributed by atoms with Crippen molar-refractivity contribution in [3.05, 3.63) is 46.7 Å². The van der Waals surface area contributed by atoms with Crippen LogP contribution >= 0.6 is 11.3 Å². The van der Waals surface area contributed by atoms with Gasteiger partial charge in [-0.2, -0.15) is 0 Å². The van der Waals surface area contributed by atoms with Crippen molar-refractivity contribution in [1.82, 2.24) is 10.2 Å². The van der Waals surface area contributed by atoms with E-state index in [1.165, 1.54) is 0 Å². The molecule has 7 nitrogen and oxygen atoms in total.